The van der Waals surface area contributed by atoms with Gasteiger partial charge in [0.1, 0.15) is 5.60 Å². The molecule has 0 radical (unpaired) electrons. The van der Waals surface area contributed by atoms with E-state index < -0.39 is 5.60 Å². The summed E-state index contributed by atoms with van der Waals surface area (Å²) in [5.74, 6) is -0.191. The summed E-state index contributed by atoms with van der Waals surface area (Å²) in [6, 6.07) is 0. The number of unbranched alkanes of at least 4 members (excludes halogenated alkanes) is 14. The minimum Gasteiger partial charge on any atom is -0.380 e. The molecule has 0 aliphatic heterocycles. The first-order chi connectivity index (χ1) is 12.5. The molecule has 1 unspecified atom stereocenters. The SMILES string of the molecule is CCCCCCCCCCNC(=O)C(C)(O)CCCCCCCCCC. The second-order valence-electron chi connectivity index (χ2n) is 8.23. The van der Waals surface area contributed by atoms with Crippen LogP contribution < -0.4 is 5.32 Å². The minimum absolute atomic E-state index is 0.191. The van der Waals surface area contributed by atoms with Crippen molar-refractivity contribution in [1.82, 2.24) is 5.32 Å². The lowest BCUT2D eigenvalue weighted by molar-refractivity contribution is -0.138. The third kappa shape index (κ3) is 15.7. The van der Waals surface area contributed by atoms with Crippen molar-refractivity contribution >= 4 is 5.91 Å². The summed E-state index contributed by atoms with van der Waals surface area (Å²) in [6.07, 6.45) is 20.5. The van der Waals surface area contributed by atoms with Gasteiger partial charge in [0.2, 0.25) is 0 Å². The van der Waals surface area contributed by atoms with Crippen LogP contribution in [0.25, 0.3) is 0 Å². The molecule has 156 valence electrons. The van der Waals surface area contributed by atoms with E-state index in [1.165, 1.54) is 83.5 Å². The quantitative estimate of drug-likeness (QED) is 0.254. The summed E-state index contributed by atoms with van der Waals surface area (Å²) in [6.45, 7) is 6.84. The average Bonchev–Trinajstić information content (AvgIpc) is 2.62. The maximum Gasteiger partial charge on any atom is 0.251 e. The lowest BCUT2D eigenvalue weighted by Crippen LogP contribution is -2.44. The predicted molar refractivity (Wildman–Crippen MR) is 113 cm³/mol. The van der Waals surface area contributed by atoms with Crippen molar-refractivity contribution in [3.63, 3.8) is 0 Å². The van der Waals surface area contributed by atoms with Crippen molar-refractivity contribution in [3.8, 4) is 0 Å². The zero-order valence-corrected chi connectivity index (χ0v) is 18.1. The number of amides is 1. The lowest BCUT2D eigenvalue weighted by Gasteiger charge is -2.22. The Hall–Kier alpha value is -0.570. The van der Waals surface area contributed by atoms with Crippen molar-refractivity contribution in [1.29, 1.82) is 0 Å². The Balaban J connectivity index is 3.54. The molecular formula is C23H47NO2. The molecule has 0 saturated heterocycles. The number of carbonyl (C=O) groups excluding carboxylic acids is 1. The molecular weight excluding hydrogens is 322 g/mol. The monoisotopic (exact) mass is 369 g/mol. The van der Waals surface area contributed by atoms with Gasteiger partial charge in [0.15, 0.2) is 0 Å². The molecule has 0 spiro atoms. The van der Waals surface area contributed by atoms with Gasteiger partial charge in [-0.25, -0.2) is 0 Å². The van der Waals surface area contributed by atoms with Gasteiger partial charge in [-0.15, -0.1) is 0 Å². The van der Waals surface area contributed by atoms with E-state index >= 15 is 0 Å². The van der Waals surface area contributed by atoms with Gasteiger partial charge in [-0.3, -0.25) is 4.79 Å². The van der Waals surface area contributed by atoms with Crippen LogP contribution in [0.1, 0.15) is 130 Å². The Labute approximate surface area is 163 Å². The largest absolute Gasteiger partial charge is 0.380 e. The van der Waals surface area contributed by atoms with Crippen molar-refractivity contribution < 1.29 is 9.90 Å². The van der Waals surface area contributed by atoms with Crippen LogP contribution in [0.4, 0.5) is 0 Å². The molecule has 3 nitrogen and oxygen atoms in total. The highest BCUT2D eigenvalue weighted by Crippen LogP contribution is 2.17. The standard InChI is InChI=1S/C23H47NO2/c1-4-6-8-10-12-14-16-18-20-23(3,26)22(25)24-21-19-17-15-13-11-9-7-5-2/h26H,4-21H2,1-3H3,(H,24,25). The van der Waals surface area contributed by atoms with Gasteiger partial charge >= 0.3 is 0 Å². The van der Waals surface area contributed by atoms with Crippen LogP contribution in [-0.4, -0.2) is 23.2 Å². The maximum atomic E-state index is 12.1. The molecule has 0 aliphatic carbocycles. The van der Waals surface area contributed by atoms with E-state index in [0.717, 1.165) is 19.3 Å². The number of aliphatic hydroxyl groups is 1. The number of rotatable bonds is 19. The fourth-order valence-corrected chi connectivity index (χ4v) is 3.37. The Kier molecular flexibility index (Phi) is 17.4. The third-order valence-electron chi connectivity index (χ3n) is 5.32. The number of carbonyl (C=O) groups is 1. The molecule has 0 aromatic heterocycles. The summed E-state index contributed by atoms with van der Waals surface area (Å²) >= 11 is 0. The van der Waals surface area contributed by atoms with Gasteiger partial charge in [0, 0.05) is 6.54 Å². The molecule has 26 heavy (non-hydrogen) atoms. The molecule has 2 N–H and O–H groups in total. The van der Waals surface area contributed by atoms with Gasteiger partial charge in [0.25, 0.3) is 5.91 Å². The molecule has 0 fully saturated rings. The molecule has 0 saturated carbocycles. The summed E-state index contributed by atoms with van der Waals surface area (Å²) in [7, 11) is 0. The predicted octanol–water partition coefficient (Wildman–Crippen LogP) is 6.53. The zero-order chi connectivity index (χ0) is 19.5. The van der Waals surface area contributed by atoms with Gasteiger partial charge in [0.05, 0.1) is 0 Å². The highest BCUT2D eigenvalue weighted by atomic mass is 16.3. The minimum atomic E-state index is -1.21. The van der Waals surface area contributed by atoms with Crippen LogP contribution in [0.15, 0.2) is 0 Å². The summed E-state index contributed by atoms with van der Waals surface area (Å²) in [5, 5.41) is 13.3. The third-order valence-corrected chi connectivity index (χ3v) is 5.32. The van der Waals surface area contributed by atoms with Crippen molar-refractivity contribution in [2.24, 2.45) is 0 Å². The fourth-order valence-electron chi connectivity index (χ4n) is 3.37. The molecule has 0 aromatic carbocycles. The first-order valence-corrected chi connectivity index (χ1v) is 11.5. The first kappa shape index (κ1) is 25.4. The number of hydrogen-bond acceptors (Lipinski definition) is 2. The zero-order valence-electron chi connectivity index (χ0n) is 18.1. The van der Waals surface area contributed by atoms with Gasteiger partial charge in [-0.2, -0.15) is 0 Å². The molecule has 0 aliphatic rings. The Morgan fingerprint density at radius 3 is 1.54 bits per heavy atom. The van der Waals surface area contributed by atoms with Gasteiger partial charge in [-0.05, 0) is 19.8 Å². The average molecular weight is 370 g/mol. The summed E-state index contributed by atoms with van der Waals surface area (Å²) in [5.41, 5.74) is -1.21. The molecule has 3 heteroatoms. The highest BCUT2D eigenvalue weighted by molar-refractivity contribution is 5.84. The second-order valence-corrected chi connectivity index (χ2v) is 8.23. The van der Waals surface area contributed by atoms with Gasteiger partial charge < -0.3 is 10.4 Å². The molecule has 0 bridgehead atoms. The topological polar surface area (TPSA) is 49.3 Å². The van der Waals surface area contributed by atoms with E-state index in [2.05, 4.69) is 19.2 Å². The van der Waals surface area contributed by atoms with Crippen LogP contribution in [0.2, 0.25) is 0 Å². The molecule has 1 amide bonds. The van der Waals surface area contributed by atoms with Crippen molar-refractivity contribution in [3.05, 3.63) is 0 Å². The highest BCUT2D eigenvalue weighted by Gasteiger charge is 2.28. The van der Waals surface area contributed by atoms with Crippen LogP contribution in [0.3, 0.4) is 0 Å². The fraction of sp³-hybridized carbons (Fsp3) is 0.957. The van der Waals surface area contributed by atoms with E-state index in [1.54, 1.807) is 6.92 Å². The van der Waals surface area contributed by atoms with E-state index in [0.29, 0.717) is 13.0 Å². The van der Waals surface area contributed by atoms with E-state index in [-0.39, 0.29) is 5.91 Å². The van der Waals surface area contributed by atoms with E-state index in [9.17, 15) is 9.90 Å². The Bertz CT molecular complexity index is 315. The molecule has 0 rings (SSSR count). The van der Waals surface area contributed by atoms with Crippen LogP contribution in [0.5, 0.6) is 0 Å². The number of nitrogens with one attached hydrogen (secondary N) is 1. The van der Waals surface area contributed by atoms with Crippen LogP contribution in [-0.2, 0) is 4.79 Å². The maximum absolute atomic E-state index is 12.1. The summed E-state index contributed by atoms with van der Waals surface area (Å²) in [4.78, 5) is 12.1. The molecule has 1 atom stereocenters. The smallest absolute Gasteiger partial charge is 0.251 e. The molecule has 0 heterocycles. The Morgan fingerprint density at radius 2 is 1.08 bits per heavy atom. The first-order valence-electron chi connectivity index (χ1n) is 11.5. The van der Waals surface area contributed by atoms with E-state index in [4.69, 9.17) is 0 Å². The van der Waals surface area contributed by atoms with Crippen LogP contribution in [0, 0.1) is 0 Å². The van der Waals surface area contributed by atoms with Gasteiger partial charge in [-0.1, -0.05) is 110 Å². The lowest BCUT2D eigenvalue weighted by atomic mass is 9.96. The van der Waals surface area contributed by atoms with Crippen molar-refractivity contribution in [2.45, 2.75) is 136 Å². The Morgan fingerprint density at radius 1 is 0.692 bits per heavy atom. The second kappa shape index (κ2) is 17.8. The molecule has 0 aromatic rings. The number of hydrogen-bond donors (Lipinski definition) is 2. The van der Waals surface area contributed by atoms with Crippen LogP contribution >= 0.6 is 0 Å². The van der Waals surface area contributed by atoms with Crippen molar-refractivity contribution in [2.75, 3.05) is 6.54 Å². The normalized spacial score (nSPS) is 13.5. The summed E-state index contributed by atoms with van der Waals surface area (Å²) < 4.78 is 0. The van der Waals surface area contributed by atoms with E-state index in [1.807, 2.05) is 0 Å².